The van der Waals surface area contributed by atoms with Crippen molar-refractivity contribution in [1.29, 1.82) is 0 Å². The summed E-state index contributed by atoms with van der Waals surface area (Å²) >= 11 is 0. The summed E-state index contributed by atoms with van der Waals surface area (Å²) in [4.78, 5) is 30.6. The van der Waals surface area contributed by atoms with Crippen LogP contribution in [0.2, 0.25) is 0 Å². The van der Waals surface area contributed by atoms with Crippen LogP contribution >= 0.6 is 0 Å². The van der Waals surface area contributed by atoms with Crippen LogP contribution in [-0.4, -0.2) is 34.9 Å². The first kappa shape index (κ1) is 15.1. The van der Waals surface area contributed by atoms with E-state index < -0.39 is 6.04 Å². The van der Waals surface area contributed by atoms with Gasteiger partial charge in [0.25, 0.3) is 5.91 Å². The van der Waals surface area contributed by atoms with Gasteiger partial charge in [-0.1, -0.05) is 30.3 Å². The maximum Gasteiger partial charge on any atom is 0.263 e. The molecule has 0 radical (unpaired) electrons. The molecule has 2 aliphatic rings. The highest BCUT2D eigenvalue weighted by atomic mass is 16.2. The number of amides is 2. The molecule has 0 aromatic heterocycles. The molecule has 2 aromatic rings. The number of hydrogen-bond acceptors (Lipinski definition) is 5. The van der Waals surface area contributed by atoms with Gasteiger partial charge in [0.1, 0.15) is 6.04 Å². The van der Waals surface area contributed by atoms with Crippen molar-refractivity contribution in [2.24, 2.45) is 10.1 Å². The second-order valence-electron chi connectivity index (χ2n) is 5.71. The SMILES string of the molecule is O=C(C[C@@H]1C(=O)NN=C2c3ccccc3N=CN21)Nc1ccccc1. The van der Waals surface area contributed by atoms with E-state index >= 15 is 0 Å². The molecule has 0 saturated heterocycles. The lowest BCUT2D eigenvalue weighted by Gasteiger charge is -2.34. The zero-order valence-electron chi connectivity index (χ0n) is 13.2. The molecule has 7 heteroatoms. The molecule has 2 amide bonds. The van der Waals surface area contributed by atoms with E-state index in [4.69, 9.17) is 0 Å². The summed E-state index contributed by atoms with van der Waals surface area (Å²) in [5.41, 5.74) is 4.79. The van der Waals surface area contributed by atoms with Gasteiger partial charge in [-0.15, -0.1) is 0 Å². The highest BCUT2D eigenvalue weighted by Crippen LogP contribution is 2.27. The number of amidine groups is 1. The first-order valence-electron chi connectivity index (χ1n) is 7.87. The quantitative estimate of drug-likeness (QED) is 0.899. The fourth-order valence-electron chi connectivity index (χ4n) is 2.85. The van der Waals surface area contributed by atoms with Crippen molar-refractivity contribution in [1.82, 2.24) is 10.3 Å². The molecule has 0 unspecified atom stereocenters. The summed E-state index contributed by atoms with van der Waals surface area (Å²) < 4.78 is 0. The fourth-order valence-corrected chi connectivity index (χ4v) is 2.85. The molecule has 0 aliphatic carbocycles. The number of anilines is 1. The Labute approximate surface area is 144 Å². The summed E-state index contributed by atoms with van der Waals surface area (Å²) in [6.45, 7) is 0. The number of carbonyl (C=O) groups is 2. The molecule has 2 aromatic carbocycles. The van der Waals surface area contributed by atoms with Crippen LogP contribution in [0.1, 0.15) is 12.0 Å². The van der Waals surface area contributed by atoms with Gasteiger partial charge in [0.15, 0.2) is 5.84 Å². The van der Waals surface area contributed by atoms with E-state index in [9.17, 15) is 9.59 Å². The van der Waals surface area contributed by atoms with Gasteiger partial charge in [0.05, 0.1) is 18.4 Å². The van der Waals surface area contributed by atoms with Crippen LogP contribution in [-0.2, 0) is 9.59 Å². The lowest BCUT2D eigenvalue weighted by atomic mass is 10.1. The maximum atomic E-state index is 12.3. The molecule has 2 heterocycles. The van der Waals surface area contributed by atoms with Crippen molar-refractivity contribution in [2.75, 3.05) is 5.32 Å². The Morgan fingerprint density at radius 1 is 1.12 bits per heavy atom. The minimum absolute atomic E-state index is 0.00602. The van der Waals surface area contributed by atoms with E-state index in [1.54, 1.807) is 23.4 Å². The summed E-state index contributed by atoms with van der Waals surface area (Å²) in [5, 5.41) is 6.93. The molecule has 1 atom stereocenters. The Hall–Kier alpha value is -3.48. The highest BCUT2D eigenvalue weighted by molar-refractivity contribution is 6.14. The van der Waals surface area contributed by atoms with Gasteiger partial charge in [-0.05, 0) is 24.3 Å². The molecule has 124 valence electrons. The molecular weight excluding hydrogens is 318 g/mol. The number of nitrogens with zero attached hydrogens (tertiary/aromatic N) is 3. The fraction of sp³-hybridized carbons (Fsp3) is 0.111. The number of hydrazone groups is 1. The Bertz CT molecular complexity index is 891. The molecule has 4 rings (SSSR count). The molecule has 2 aliphatic heterocycles. The van der Waals surface area contributed by atoms with E-state index in [0.717, 1.165) is 11.3 Å². The van der Waals surface area contributed by atoms with Crippen molar-refractivity contribution in [3.8, 4) is 0 Å². The summed E-state index contributed by atoms with van der Waals surface area (Å²) in [7, 11) is 0. The van der Waals surface area contributed by atoms with Crippen molar-refractivity contribution >= 4 is 35.4 Å². The summed E-state index contributed by atoms with van der Waals surface area (Å²) in [6.07, 6.45) is 1.55. The van der Waals surface area contributed by atoms with E-state index in [2.05, 4.69) is 20.8 Å². The first-order valence-corrected chi connectivity index (χ1v) is 7.87. The average Bonchev–Trinajstić information content (AvgIpc) is 2.64. The first-order chi connectivity index (χ1) is 12.2. The van der Waals surface area contributed by atoms with Gasteiger partial charge in [-0.2, -0.15) is 5.10 Å². The minimum atomic E-state index is -0.701. The van der Waals surface area contributed by atoms with E-state index in [0.29, 0.717) is 11.5 Å². The van der Waals surface area contributed by atoms with Gasteiger partial charge in [-0.3, -0.25) is 9.59 Å². The van der Waals surface area contributed by atoms with Gasteiger partial charge >= 0.3 is 0 Å². The number of aliphatic imine (C=N–C) groups is 1. The van der Waals surface area contributed by atoms with Gasteiger partial charge in [0.2, 0.25) is 5.91 Å². The average molecular weight is 333 g/mol. The number of nitrogens with one attached hydrogen (secondary N) is 2. The molecule has 0 fully saturated rings. The Morgan fingerprint density at radius 2 is 1.88 bits per heavy atom. The van der Waals surface area contributed by atoms with E-state index in [-0.39, 0.29) is 18.2 Å². The molecular formula is C18H15N5O2. The number of rotatable bonds is 3. The smallest absolute Gasteiger partial charge is 0.263 e. The van der Waals surface area contributed by atoms with Crippen molar-refractivity contribution in [2.45, 2.75) is 12.5 Å². The van der Waals surface area contributed by atoms with Crippen LogP contribution in [0.4, 0.5) is 11.4 Å². The maximum absolute atomic E-state index is 12.3. The largest absolute Gasteiger partial charge is 0.326 e. The number of para-hydroxylation sites is 2. The van der Waals surface area contributed by atoms with Crippen LogP contribution < -0.4 is 10.7 Å². The van der Waals surface area contributed by atoms with Crippen LogP contribution in [0.5, 0.6) is 0 Å². The number of fused-ring (bicyclic) bond motifs is 3. The van der Waals surface area contributed by atoms with Gasteiger partial charge in [0, 0.05) is 11.3 Å². The predicted molar refractivity (Wildman–Crippen MR) is 94.6 cm³/mol. The molecule has 7 nitrogen and oxygen atoms in total. The number of carbonyl (C=O) groups excluding carboxylic acids is 2. The van der Waals surface area contributed by atoms with Crippen molar-refractivity contribution < 1.29 is 9.59 Å². The lowest BCUT2D eigenvalue weighted by molar-refractivity contribution is -0.128. The predicted octanol–water partition coefficient (Wildman–Crippen LogP) is 1.85. The Kier molecular flexibility index (Phi) is 3.74. The van der Waals surface area contributed by atoms with Gasteiger partial charge in [-0.25, -0.2) is 10.4 Å². The topological polar surface area (TPSA) is 86.2 Å². The highest BCUT2D eigenvalue weighted by Gasteiger charge is 2.36. The monoisotopic (exact) mass is 333 g/mol. The van der Waals surface area contributed by atoms with E-state index in [1.165, 1.54) is 0 Å². The standard InChI is InChI=1S/C18H15N5O2/c24-16(20-12-6-2-1-3-7-12)10-15-18(25)22-21-17-13-8-4-5-9-14(13)19-11-23(15)17/h1-9,11,15H,10H2,(H,20,24)(H,22,25)/t15-/m1/s1. The second-order valence-corrected chi connectivity index (χ2v) is 5.71. The molecule has 0 saturated carbocycles. The normalized spacial score (nSPS) is 17.9. The Morgan fingerprint density at radius 3 is 2.72 bits per heavy atom. The third kappa shape index (κ3) is 2.87. The van der Waals surface area contributed by atoms with Crippen LogP contribution in [0, 0.1) is 0 Å². The third-order valence-electron chi connectivity index (χ3n) is 4.06. The van der Waals surface area contributed by atoms with Crippen molar-refractivity contribution in [3.05, 3.63) is 60.2 Å². The third-order valence-corrected chi connectivity index (χ3v) is 4.06. The molecule has 0 spiro atoms. The van der Waals surface area contributed by atoms with E-state index in [1.807, 2.05) is 42.5 Å². The Balaban J connectivity index is 1.56. The summed E-state index contributed by atoms with van der Waals surface area (Å²) in [5.74, 6) is 0.000336. The second kappa shape index (κ2) is 6.20. The van der Waals surface area contributed by atoms with Crippen molar-refractivity contribution in [3.63, 3.8) is 0 Å². The minimum Gasteiger partial charge on any atom is -0.326 e. The number of hydrogen-bond donors (Lipinski definition) is 2. The van der Waals surface area contributed by atoms with Crippen LogP contribution in [0.15, 0.2) is 64.7 Å². The zero-order valence-corrected chi connectivity index (χ0v) is 13.2. The molecule has 25 heavy (non-hydrogen) atoms. The summed E-state index contributed by atoms with van der Waals surface area (Å²) in [6, 6.07) is 16.0. The lowest BCUT2D eigenvalue weighted by Crippen LogP contribution is -2.54. The zero-order chi connectivity index (χ0) is 17.2. The van der Waals surface area contributed by atoms with Gasteiger partial charge < -0.3 is 10.2 Å². The molecule has 2 N–H and O–H groups in total. The molecule has 0 bridgehead atoms. The van der Waals surface area contributed by atoms with Crippen LogP contribution in [0.25, 0.3) is 0 Å². The van der Waals surface area contributed by atoms with Crippen LogP contribution in [0.3, 0.4) is 0 Å². The number of benzene rings is 2.